The van der Waals surface area contributed by atoms with E-state index in [9.17, 15) is 9.59 Å². The minimum atomic E-state index is -0.399. The molecule has 0 saturated heterocycles. The van der Waals surface area contributed by atoms with Crippen LogP contribution in [0.1, 0.15) is 26.3 Å². The van der Waals surface area contributed by atoms with Crippen LogP contribution in [0.15, 0.2) is 72.8 Å². The van der Waals surface area contributed by atoms with Crippen LogP contribution in [-0.2, 0) is 0 Å². The van der Waals surface area contributed by atoms with E-state index in [-0.39, 0.29) is 10.9 Å². The van der Waals surface area contributed by atoms with Crippen molar-refractivity contribution in [2.75, 3.05) is 5.32 Å². The van der Waals surface area contributed by atoms with Crippen LogP contribution >= 0.6 is 35.4 Å². The number of hydrogen-bond acceptors (Lipinski definition) is 3. The van der Waals surface area contributed by atoms with Gasteiger partial charge in [-0.25, -0.2) is 0 Å². The van der Waals surface area contributed by atoms with Gasteiger partial charge in [-0.3, -0.25) is 14.9 Å². The monoisotopic (exact) mass is 428 g/mol. The molecule has 0 spiro atoms. The Morgan fingerprint density at radius 1 is 0.750 bits per heavy atom. The van der Waals surface area contributed by atoms with Gasteiger partial charge in [-0.15, -0.1) is 0 Å². The largest absolute Gasteiger partial charge is 0.332 e. The Hall–Kier alpha value is -2.73. The maximum atomic E-state index is 12.4. The first kappa shape index (κ1) is 20.0. The van der Waals surface area contributed by atoms with Crippen LogP contribution in [0.2, 0.25) is 10.0 Å². The van der Waals surface area contributed by atoms with Gasteiger partial charge in [0.15, 0.2) is 10.9 Å². The smallest absolute Gasteiger partial charge is 0.257 e. The first-order valence-electron chi connectivity index (χ1n) is 8.20. The lowest BCUT2D eigenvalue weighted by Gasteiger charge is -2.10. The molecule has 140 valence electrons. The molecule has 0 atom stereocenters. The molecule has 0 aromatic heterocycles. The molecule has 3 aromatic rings. The summed E-state index contributed by atoms with van der Waals surface area (Å²) in [6.45, 7) is 0. The Balaban J connectivity index is 1.64. The van der Waals surface area contributed by atoms with Crippen LogP contribution in [0, 0.1) is 0 Å². The molecule has 0 bridgehead atoms. The third-order valence-electron chi connectivity index (χ3n) is 3.79. The van der Waals surface area contributed by atoms with Crippen molar-refractivity contribution in [2.45, 2.75) is 0 Å². The zero-order valence-corrected chi connectivity index (χ0v) is 16.7. The summed E-state index contributed by atoms with van der Waals surface area (Å²) in [6.07, 6.45) is 0. The summed E-state index contributed by atoms with van der Waals surface area (Å²) in [5.41, 5.74) is 2.02. The number of carbonyl (C=O) groups excluding carboxylic acids is 2. The van der Waals surface area contributed by atoms with Crippen LogP contribution < -0.4 is 10.6 Å². The number of nitrogens with one attached hydrogen (secondary N) is 2. The predicted molar refractivity (Wildman–Crippen MR) is 116 cm³/mol. The van der Waals surface area contributed by atoms with Crippen molar-refractivity contribution in [3.8, 4) is 0 Å². The molecule has 2 N–H and O–H groups in total. The van der Waals surface area contributed by atoms with Crippen molar-refractivity contribution in [3.63, 3.8) is 0 Å². The van der Waals surface area contributed by atoms with E-state index in [2.05, 4.69) is 10.6 Å². The first-order chi connectivity index (χ1) is 13.4. The Labute approximate surface area is 177 Å². The topological polar surface area (TPSA) is 58.2 Å². The number of thiocarbonyl (C=S) groups is 1. The van der Waals surface area contributed by atoms with Gasteiger partial charge in [-0.05, 0) is 42.5 Å². The van der Waals surface area contributed by atoms with Gasteiger partial charge in [0.2, 0.25) is 0 Å². The number of ketones is 1. The second kappa shape index (κ2) is 8.97. The highest BCUT2D eigenvalue weighted by Gasteiger charge is 2.12. The molecule has 7 heteroatoms. The normalized spacial score (nSPS) is 10.2. The van der Waals surface area contributed by atoms with E-state index in [1.807, 2.05) is 6.07 Å². The highest BCUT2D eigenvalue weighted by Crippen LogP contribution is 2.22. The zero-order chi connectivity index (χ0) is 20.1. The molecular formula is C21H14Cl2N2O2S. The number of benzene rings is 3. The molecule has 0 fully saturated rings. The van der Waals surface area contributed by atoms with E-state index in [0.29, 0.717) is 32.4 Å². The van der Waals surface area contributed by atoms with Crippen molar-refractivity contribution < 1.29 is 9.59 Å². The maximum absolute atomic E-state index is 12.4. The molecule has 0 heterocycles. The van der Waals surface area contributed by atoms with Gasteiger partial charge in [0, 0.05) is 32.4 Å². The molecule has 28 heavy (non-hydrogen) atoms. The zero-order valence-electron chi connectivity index (χ0n) is 14.4. The average molecular weight is 429 g/mol. The second-order valence-electron chi connectivity index (χ2n) is 5.84. The summed E-state index contributed by atoms with van der Waals surface area (Å²) >= 11 is 17.0. The van der Waals surface area contributed by atoms with E-state index in [4.69, 9.17) is 35.4 Å². The average Bonchev–Trinajstić information content (AvgIpc) is 2.67. The van der Waals surface area contributed by atoms with Gasteiger partial charge in [0.05, 0.1) is 0 Å². The van der Waals surface area contributed by atoms with Crippen molar-refractivity contribution in [3.05, 3.63) is 99.5 Å². The summed E-state index contributed by atoms with van der Waals surface area (Å²) in [5, 5.41) is 6.42. The number of halogens is 2. The fraction of sp³-hybridized carbons (Fsp3) is 0. The first-order valence-corrected chi connectivity index (χ1v) is 9.37. The van der Waals surface area contributed by atoms with Gasteiger partial charge in [-0.1, -0.05) is 65.7 Å². The standard InChI is InChI=1S/C21H14Cl2N2O2S/c22-16-10-17(23)12-18(11-16)24-21(28)25-20(27)15-8-6-14(7-9-15)19(26)13-4-2-1-3-5-13/h1-12H,(H2,24,25,27,28). The SMILES string of the molecule is O=C(NC(=S)Nc1cc(Cl)cc(Cl)c1)c1ccc(C(=O)c2ccccc2)cc1. The quantitative estimate of drug-likeness (QED) is 0.434. The van der Waals surface area contributed by atoms with Crippen LogP contribution in [0.4, 0.5) is 5.69 Å². The fourth-order valence-corrected chi connectivity index (χ4v) is 3.23. The Morgan fingerprint density at radius 2 is 1.29 bits per heavy atom. The van der Waals surface area contributed by atoms with Crippen molar-refractivity contribution >= 4 is 57.9 Å². The van der Waals surface area contributed by atoms with Gasteiger partial charge in [0.25, 0.3) is 5.91 Å². The van der Waals surface area contributed by atoms with Crippen LogP contribution in [0.5, 0.6) is 0 Å². The lowest BCUT2D eigenvalue weighted by Crippen LogP contribution is -2.34. The number of hydrogen-bond donors (Lipinski definition) is 2. The molecule has 0 aliphatic carbocycles. The summed E-state index contributed by atoms with van der Waals surface area (Å²) in [4.78, 5) is 24.8. The summed E-state index contributed by atoms with van der Waals surface area (Å²) in [7, 11) is 0. The van der Waals surface area contributed by atoms with Gasteiger partial charge < -0.3 is 5.32 Å². The Kier molecular flexibility index (Phi) is 6.41. The Morgan fingerprint density at radius 3 is 1.89 bits per heavy atom. The highest BCUT2D eigenvalue weighted by atomic mass is 35.5. The molecule has 0 aliphatic heterocycles. The summed E-state index contributed by atoms with van der Waals surface area (Å²) in [5.74, 6) is -0.507. The summed E-state index contributed by atoms with van der Waals surface area (Å²) < 4.78 is 0. The molecule has 3 rings (SSSR count). The highest BCUT2D eigenvalue weighted by molar-refractivity contribution is 7.80. The molecule has 0 unspecified atom stereocenters. The van der Waals surface area contributed by atoms with Gasteiger partial charge in [0.1, 0.15) is 0 Å². The van der Waals surface area contributed by atoms with E-state index >= 15 is 0 Å². The van der Waals surface area contributed by atoms with Crippen molar-refractivity contribution in [1.82, 2.24) is 5.32 Å². The van der Waals surface area contributed by atoms with Gasteiger partial charge in [-0.2, -0.15) is 0 Å². The number of carbonyl (C=O) groups is 2. The summed E-state index contributed by atoms with van der Waals surface area (Å²) in [6, 6.07) is 20.2. The van der Waals surface area contributed by atoms with Crippen molar-refractivity contribution in [1.29, 1.82) is 0 Å². The van der Waals surface area contributed by atoms with Crippen molar-refractivity contribution in [2.24, 2.45) is 0 Å². The predicted octanol–water partition coefficient (Wildman–Crippen LogP) is 5.35. The molecule has 3 aromatic carbocycles. The number of anilines is 1. The van der Waals surface area contributed by atoms with Crippen LogP contribution in [0.25, 0.3) is 0 Å². The van der Waals surface area contributed by atoms with E-state index in [1.54, 1.807) is 66.7 Å². The fourth-order valence-electron chi connectivity index (χ4n) is 2.49. The third-order valence-corrected chi connectivity index (χ3v) is 4.43. The van der Waals surface area contributed by atoms with Crippen LogP contribution in [0.3, 0.4) is 0 Å². The molecule has 0 aliphatic rings. The molecule has 4 nitrogen and oxygen atoms in total. The second-order valence-corrected chi connectivity index (χ2v) is 7.12. The molecule has 1 amide bonds. The van der Waals surface area contributed by atoms with E-state index < -0.39 is 5.91 Å². The number of rotatable bonds is 4. The lowest BCUT2D eigenvalue weighted by atomic mass is 10.0. The number of amides is 1. The Bertz CT molecular complexity index is 1020. The molecule has 0 saturated carbocycles. The van der Waals surface area contributed by atoms with Gasteiger partial charge >= 0.3 is 0 Å². The molecule has 0 radical (unpaired) electrons. The minimum Gasteiger partial charge on any atom is -0.332 e. The van der Waals surface area contributed by atoms with E-state index in [1.165, 1.54) is 0 Å². The third kappa shape index (κ3) is 5.16. The molecular weight excluding hydrogens is 415 g/mol. The van der Waals surface area contributed by atoms with Crippen LogP contribution in [-0.4, -0.2) is 16.8 Å². The van der Waals surface area contributed by atoms with E-state index in [0.717, 1.165) is 0 Å². The maximum Gasteiger partial charge on any atom is 0.257 e. The lowest BCUT2D eigenvalue weighted by molar-refractivity contribution is 0.0975. The minimum absolute atomic E-state index is 0.104.